The van der Waals surface area contributed by atoms with Gasteiger partial charge in [-0.05, 0) is 43.2 Å². The molecule has 1 fully saturated rings. The zero-order valence-electron chi connectivity index (χ0n) is 13.1. The van der Waals surface area contributed by atoms with Gasteiger partial charge in [-0.25, -0.2) is 0 Å². The fourth-order valence-corrected chi connectivity index (χ4v) is 2.73. The molecule has 0 radical (unpaired) electrons. The summed E-state index contributed by atoms with van der Waals surface area (Å²) in [7, 11) is 1.59. The number of ether oxygens (including phenoxy) is 2. The van der Waals surface area contributed by atoms with E-state index in [0.717, 1.165) is 18.5 Å². The van der Waals surface area contributed by atoms with Gasteiger partial charge < -0.3 is 14.8 Å². The molecule has 1 aromatic carbocycles. The molecule has 2 heterocycles. The van der Waals surface area contributed by atoms with Crippen LogP contribution in [0.15, 0.2) is 48.7 Å². The zero-order valence-corrected chi connectivity index (χ0v) is 13.1. The van der Waals surface area contributed by atoms with E-state index in [0.29, 0.717) is 17.9 Å². The van der Waals surface area contributed by atoms with Gasteiger partial charge in [-0.1, -0.05) is 12.1 Å². The minimum absolute atomic E-state index is 0.0689. The SMILES string of the molecule is COc1cccc(C(=O)N[C@@H]2CCO[C@@H](c3ccccn3)C2)c1. The topological polar surface area (TPSA) is 60.5 Å². The molecular weight excluding hydrogens is 292 g/mol. The van der Waals surface area contributed by atoms with Gasteiger partial charge >= 0.3 is 0 Å². The van der Waals surface area contributed by atoms with Gasteiger partial charge in [0.15, 0.2) is 0 Å². The number of hydrogen-bond acceptors (Lipinski definition) is 4. The van der Waals surface area contributed by atoms with Gasteiger partial charge in [0.25, 0.3) is 5.91 Å². The molecule has 1 aliphatic rings. The molecule has 0 aliphatic carbocycles. The molecule has 23 heavy (non-hydrogen) atoms. The number of hydrogen-bond donors (Lipinski definition) is 1. The Hall–Kier alpha value is -2.40. The highest BCUT2D eigenvalue weighted by Crippen LogP contribution is 2.26. The maximum absolute atomic E-state index is 12.4. The Bertz CT molecular complexity index is 660. The van der Waals surface area contributed by atoms with Crippen molar-refractivity contribution in [1.29, 1.82) is 0 Å². The lowest BCUT2D eigenvalue weighted by Crippen LogP contribution is -2.40. The maximum Gasteiger partial charge on any atom is 0.251 e. The standard InChI is InChI=1S/C18H20N2O3/c1-22-15-6-4-5-13(11-15)18(21)20-14-8-10-23-17(12-14)16-7-2-3-9-19-16/h2-7,9,11,14,17H,8,10,12H2,1H3,(H,20,21)/t14-,17-/m1/s1. The molecule has 2 atom stereocenters. The number of benzene rings is 1. The van der Waals surface area contributed by atoms with Gasteiger partial charge in [0, 0.05) is 24.4 Å². The lowest BCUT2D eigenvalue weighted by Gasteiger charge is -2.29. The van der Waals surface area contributed by atoms with Crippen LogP contribution in [0.3, 0.4) is 0 Å². The van der Waals surface area contributed by atoms with Crippen molar-refractivity contribution < 1.29 is 14.3 Å². The fourth-order valence-electron chi connectivity index (χ4n) is 2.73. The fraction of sp³-hybridized carbons (Fsp3) is 0.333. The molecule has 5 nitrogen and oxygen atoms in total. The van der Waals surface area contributed by atoms with E-state index in [1.165, 1.54) is 0 Å². The van der Waals surface area contributed by atoms with E-state index < -0.39 is 0 Å². The molecule has 120 valence electrons. The van der Waals surface area contributed by atoms with Crippen molar-refractivity contribution in [2.75, 3.05) is 13.7 Å². The highest BCUT2D eigenvalue weighted by molar-refractivity contribution is 5.94. The van der Waals surface area contributed by atoms with Crippen LogP contribution in [0.5, 0.6) is 5.75 Å². The van der Waals surface area contributed by atoms with E-state index in [-0.39, 0.29) is 18.1 Å². The average molecular weight is 312 g/mol. The Morgan fingerprint density at radius 1 is 1.30 bits per heavy atom. The van der Waals surface area contributed by atoms with Crippen LogP contribution in [0.1, 0.15) is 35.0 Å². The third kappa shape index (κ3) is 3.87. The van der Waals surface area contributed by atoms with Gasteiger partial charge in [0.2, 0.25) is 0 Å². The van der Waals surface area contributed by atoms with Gasteiger partial charge in [0.1, 0.15) is 11.9 Å². The number of rotatable bonds is 4. The van der Waals surface area contributed by atoms with Crippen molar-refractivity contribution in [3.63, 3.8) is 0 Å². The van der Waals surface area contributed by atoms with E-state index in [2.05, 4.69) is 10.3 Å². The minimum Gasteiger partial charge on any atom is -0.497 e. The first-order chi connectivity index (χ1) is 11.3. The quantitative estimate of drug-likeness (QED) is 0.943. The van der Waals surface area contributed by atoms with Crippen molar-refractivity contribution in [3.05, 3.63) is 59.9 Å². The van der Waals surface area contributed by atoms with E-state index in [9.17, 15) is 4.79 Å². The van der Waals surface area contributed by atoms with Crippen LogP contribution >= 0.6 is 0 Å². The van der Waals surface area contributed by atoms with Crippen molar-refractivity contribution in [2.24, 2.45) is 0 Å². The molecular formula is C18H20N2O3. The van der Waals surface area contributed by atoms with Crippen molar-refractivity contribution >= 4 is 5.91 Å². The first-order valence-electron chi connectivity index (χ1n) is 7.73. The van der Waals surface area contributed by atoms with Gasteiger partial charge in [-0.15, -0.1) is 0 Å². The molecule has 0 spiro atoms. The molecule has 2 aromatic rings. The summed E-state index contributed by atoms with van der Waals surface area (Å²) in [4.78, 5) is 16.7. The van der Waals surface area contributed by atoms with Crippen LogP contribution in [0.25, 0.3) is 0 Å². The first kappa shape index (κ1) is 15.5. The normalized spacial score (nSPS) is 20.7. The summed E-state index contributed by atoms with van der Waals surface area (Å²) in [5.41, 5.74) is 1.51. The second kappa shape index (κ2) is 7.24. The molecule has 0 saturated carbocycles. The van der Waals surface area contributed by atoms with Gasteiger partial charge in [0.05, 0.1) is 12.8 Å². The molecule has 3 rings (SSSR count). The highest BCUT2D eigenvalue weighted by atomic mass is 16.5. The van der Waals surface area contributed by atoms with Crippen molar-refractivity contribution in [1.82, 2.24) is 10.3 Å². The second-order valence-corrected chi connectivity index (χ2v) is 5.54. The molecule has 1 aliphatic heterocycles. The van der Waals surface area contributed by atoms with Crippen LogP contribution in [0.4, 0.5) is 0 Å². The summed E-state index contributed by atoms with van der Waals surface area (Å²) in [6, 6.07) is 13.0. The summed E-state index contributed by atoms with van der Waals surface area (Å²) in [5, 5.41) is 3.08. The van der Waals surface area contributed by atoms with Crippen LogP contribution in [-0.4, -0.2) is 30.6 Å². The second-order valence-electron chi connectivity index (χ2n) is 5.54. The summed E-state index contributed by atoms with van der Waals surface area (Å²) in [6.45, 7) is 0.615. The Labute approximate surface area is 135 Å². The molecule has 1 amide bonds. The Morgan fingerprint density at radius 2 is 2.22 bits per heavy atom. The summed E-state index contributed by atoms with van der Waals surface area (Å²) in [5.74, 6) is 0.589. The van der Waals surface area contributed by atoms with Crippen molar-refractivity contribution in [2.45, 2.75) is 25.0 Å². The summed E-state index contributed by atoms with van der Waals surface area (Å²) >= 11 is 0. The number of carbonyl (C=O) groups is 1. The molecule has 1 aromatic heterocycles. The number of nitrogens with one attached hydrogen (secondary N) is 1. The smallest absolute Gasteiger partial charge is 0.251 e. The predicted octanol–water partition coefficient (Wildman–Crippen LogP) is 2.74. The molecule has 5 heteroatoms. The zero-order chi connectivity index (χ0) is 16.1. The molecule has 1 N–H and O–H groups in total. The Morgan fingerprint density at radius 3 is 3.00 bits per heavy atom. The number of methoxy groups -OCH3 is 1. The van der Waals surface area contributed by atoms with E-state index >= 15 is 0 Å². The van der Waals surface area contributed by atoms with Crippen LogP contribution < -0.4 is 10.1 Å². The molecule has 0 bridgehead atoms. The lowest BCUT2D eigenvalue weighted by atomic mass is 10.00. The number of carbonyl (C=O) groups excluding carboxylic acids is 1. The summed E-state index contributed by atoms with van der Waals surface area (Å²) < 4.78 is 10.9. The maximum atomic E-state index is 12.4. The number of nitrogens with zero attached hydrogens (tertiary/aromatic N) is 1. The summed E-state index contributed by atoms with van der Waals surface area (Å²) in [6.07, 6.45) is 3.23. The third-order valence-electron chi connectivity index (χ3n) is 3.97. The largest absolute Gasteiger partial charge is 0.497 e. The van der Waals surface area contributed by atoms with E-state index in [1.54, 1.807) is 25.4 Å². The molecule has 0 unspecified atom stereocenters. The predicted molar refractivity (Wildman–Crippen MR) is 86.4 cm³/mol. The monoisotopic (exact) mass is 312 g/mol. The molecule has 1 saturated heterocycles. The first-order valence-corrected chi connectivity index (χ1v) is 7.73. The lowest BCUT2D eigenvalue weighted by molar-refractivity contribution is -0.00151. The Balaban J connectivity index is 1.64. The van der Waals surface area contributed by atoms with Gasteiger partial charge in [-0.3, -0.25) is 9.78 Å². The van der Waals surface area contributed by atoms with Gasteiger partial charge in [-0.2, -0.15) is 0 Å². The van der Waals surface area contributed by atoms with Crippen LogP contribution in [-0.2, 0) is 4.74 Å². The van der Waals surface area contributed by atoms with Crippen LogP contribution in [0, 0.1) is 0 Å². The van der Waals surface area contributed by atoms with E-state index in [4.69, 9.17) is 9.47 Å². The third-order valence-corrected chi connectivity index (χ3v) is 3.97. The Kier molecular flexibility index (Phi) is 4.88. The number of amides is 1. The minimum atomic E-state index is -0.0874. The number of aromatic nitrogens is 1. The van der Waals surface area contributed by atoms with Crippen molar-refractivity contribution in [3.8, 4) is 5.75 Å². The van der Waals surface area contributed by atoms with E-state index in [1.807, 2.05) is 30.3 Å². The average Bonchev–Trinajstić information content (AvgIpc) is 2.63. The van der Waals surface area contributed by atoms with Crippen LogP contribution in [0.2, 0.25) is 0 Å². The highest BCUT2D eigenvalue weighted by Gasteiger charge is 2.26. The number of pyridine rings is 1.